The quantitative estimate of drug-likeness (QED) is 0.764. The van der Waals surface area contributed by atoms with Crippen molar-refractivity contribution in [3.05, 3.63) is 23.8 Å². The molecular formula is C17H24N2. The van der Waals surface area contributed by atoms with Gasteiger partial charge in [0.2, 0.25) is 0 Å². The summed E-state index contributed by atoms with van der Waals surface area (Å²) >= 11 is 0. The van der Waals surface area contributed by atoms with Gasteiger partial charge in [0.05, 0.1) is 0 Å². The van der Waals surface area contributed by atoms with Gasteiger partial charge < -0.3 is 0 Å². The predicted octanol–water partition coefficient (Wildman–Crippen LogP) is 3.32. The van der Waals surface area contributed by atoms with Crippen LogP contribution in [-0.2, 0) is 0 Å². The van der Waals surface area contributed by atoms with Crippen molar-refractivity contribution in [2.45, 2.75) is 44.7 Å². The molecule has 0 bridgehead atoms. The summed E-state index contributed by atoms with van der Waals surface area (Å²) in [7, 11) is 0. The maximum absolute atomic E-state index is 4.80. The second-order valence-corrected chi connectivity index (χ2v) is 6.70. The Hall–Kier alpha value is -0.890. The standard InChI is InChI=1S/C17H24N2/c1-2-6-15-12(4-1)5-3-7-16(15)14-10-13-8-9-18-17(13)19-11-14/h3,5,7,11,13-18H,1-2,4,6,8-10H2/t13?,14-,15?,16+,17?/m0/s1. The van der Waals surface area contributed by atoms with Gasteiger partial charge in [0.1, 0.15) is 6.17 Å². The van der Waals surface area contributed by atoms with Crippen LogP contribution in [0.25, 0.3) is 0 Å². The van der Waals surface area contributed by atoms with E-state index in [1.54, 1.807) is 5.57 Å². The van der Waals surface area contributed by atoms with Gasteiger partial charge in [-0.3, -0.25) is 10.3 Å². The van der Waals surface area contributed by atoms with Gasteiger partial charge in [-0.05, 0) is 56.4 Å². The van der Waals surface area contributed by atoms with E-state index in [-0.39, 0.29) is 0 Å². The van der Waals surface area contributed by atoms with Gasteiger partial charge >= 0.3 is 0 Å². The van der Waals surface area contributed by atoms with Gasteiger partial charge in [0.15, 0.2) is 0 Å². The summed E-state index contributed by atoms with van der Waals surface area (Å²) in [6.07, 6.45) is 18.1. The lowest BCUT2D eigenvalue weighted by Gasteiger charge is -2.39. The Bertz CT molecular complexity index is 435. The number of nitrogens with one attached hydrogen (secondary N) is 1. The average molecular weight is 256 g/mol. The Morgan fingerprint density at radius 1 is 1.21 bits per heavy atom. The number of fused-ring (bicyclic) bond motifs is 2. The first-order valence-corrected chi connectivity index (χ1v) is 8.06. The van der Waals surface area contributed by atoms with Crippen molar-refractivity contribution in [1.29, 1.82) is 0 Å². The highest BCUT2D eigenvalue weighted by Gasteiger charge is 2.38. The third kappa shape index (κ3) is 2.10. The van der Waals surface area contributed by atoms with E-state index < -0.39 is 0 Å². The maximum atomic E-state index is 4.80. The van der Waals surface area contributed by atoms with Gasteiger partial charge in [0.25, 0.3) is 0 Å². The van der Waals surface area contributed by atoms with Crippen molar-refractivity contribution >= 4 is 6.21 Å². The zero-order valence-electron chi connectivity index (χ0n) is 11.6. The van der Waals surface area contributed by atoms with E-state index in [0.717, 1.165) is 24.3 Å². The molecule has 2 heterocycles. The summed E-state index contributed by atoms with van der Waals surface area (Å²) in [5, 5.41) is 3.51. The molecule has 3 unspecified atom stereocenters. The van der Waals surface area contributed by atoms with E-state index in [0.29, 0.717) is 12.1 Å². The predicted molar refractivity (Wildman–Crippen MR) is 79.2 cm³/mol. The molecule has 2 aliphatic heterocycles. The van der Waals surface area contributed by atoms with Gasteiger partial charge in [-0.2, -0.15) is 0 Å². The highest BCUT2D eigenvalue weighted by Crippen LogP contribution is 2.43. The molecule has 19 heavy (non-hydrogen) atoms. The van der Waals surface area contributed by atoms with Gasteiger partial charge in [-0.25, -0.2) is 0 Å². The monoisotopic (exact) mass is 256 g/mol. The van der Waals surface area contributed by atoms with Gasteiger partial charge in [-0.15, -0.1) is 0 Å². The minimum atomic E-state index is 0.435. The van der Waals surface area contributed by atoms with E-state index in [1.807, 2.05) is 0 Å². The largest absolute Gasteiger partial charge is 0.296 e. The lowest BCUT2D eigenvalue weighted by molar-refractivity contribution is 0.261. The van der Waals surface area contributed by atoms with E-state index in [4.69, 9.17) is 4.99 Å². The summed E-state index contributed by atoms with van der Waals surface area (Å²) in [4.78, 5) is 4.80. The van der Waals surface area contributed by atoms with Crippen LogP contribution in [0.15, 0.2) is 28.8 Å². The lowest BCUT2D eigenvalue weighted by atomic mass is 9.67. The van der Waals surface area contributed by atoms with Crippen LogP contribution in [0.1, 0.15) is 38.5 Å². The second-order valence-electron chi connectivity index (χ2n) is 6.70. The molecule has 0 spiro atoms. The van der Waals surface area contributed by atoms with Crippen molar-refractivity contribution in [2.75, 3.05) is 6.54 Å². The van der Waals surface area contributed by atoms with Gasteiger partial charge in [-0.1, -0.05) is 30.2 Å². The molecule has 4 aliphatic rings. The third-order valence-electron chi connectivity index (χ3n) is 5.64. The van der Waals surface area contributed by atoms with Crippen molar-refractivity contribution in [3.8, 4) is 0 Å². The molecule has 2 nitrogen and oxygen atoms in total. The molecule has 0 radical (unpaired) electrons. The van der Waals surface area contributed by atoms with Crippen molar-refractivity contribution in [2.24, 2.45) is 28.7 Å². The Labute approximate surface area is 116 Å². The summed E-state index contributed by atoms with van der Waals surface area (Å²) in [6.45, 7) is 1.16. The van der Waals surface area contributed by atoms with Crippen molar-refractivity contribution in [3.63, 3.8) is 0 Å². The molecule has 1 N–H and O–H groups in total. The Kier molecular flexibility index (Phi) is 3.07. The van der Waals surface area contributed by atoms with E-state index in [1.165, 1.54) is 38.5 Å². The molecule has 0 aromatic rings. The van der Waals surface area contributed by atoms with Crippen LogP contribution >= 0.6 is 0 Å². The van der Waals surface area contributed by atoms with Crippen molar-refractivity contribution in [1.82, 2.24) is 5.32 Å². The van der Waals surface area contributed by atoms with E-state index >= 15 is 0 Å². The minimum absolute atomic E-state index is 0.435. The van der Waals surface area contributed by atoms with Crippen LogP contribution < -0.4 is 5.32 Å². The highest BCUT2D eigenvalue weighted by molar-refractivity contribution is 5.63. The second kappa shape index (κ2) is 4.90. The van der Waals surface area contributed by atoms with Crippen molar-refractivity contribution < 1.29 is 0 Å². The minimum Gasteiger partial charge on any atom is -0.296 e. The Morgan fingerprint density at radius 2 is 2.21 bits per heavy atom. The number of rotatable bonds is 1. The first-order valence-electron chi connectivity index (χ1n) is 8.06. The average Bonchev–Trinajstić information content (AvgIpc) is 2.94. The molecule has 5 atom stereocenters. The zero-order valence-corrected chi connectivity index (χ0v) is 11.6. The van der Waals surface area contributed by atoms with Crippen LogP contribution in [0.3, 0.4) is 0 Å². The fraction of sp³-hybridized carbons (Fsp3) is 0.706. The van der Waals surface area contributed by atoms with Crippen LogP contribution in [0, 0.1) is 23.7 Å². The summed E-state index contributed by atoms with van der Waals surface area (Å²) in [5.74, 6) is 3.03. The van der Waals surface area contributed by atoms with E-state index in [9.17, 15) is 0 Å². The molecule has 102 valence electrons. The molecule has 4 rings (SSSR count). The molecule has 2 fully saturated rings. The normalized spacial score (nSPS) is 44.6. The smallest absolute Gasteiger partial charge is 0.102 e. The molecule has 2 aliphatic carbocycles. The number of nitrogens with zero attached hydrogens (tertiary/aromatic N) is 1. The topological polar surface area (TPSA) is 24.4 Å². The SMILES string of the molecule is C1=C[C@H]([C@@H]2C=NC3NCCC3C2)C2CCCCC2=C1. The van der Waals surface area contributed by atoms with Crippen LogP contribution in [0.4, 0.5) is 0 Å². The first-order chi connectivity index (χ1) is 9.42. The first kappa shape index (κ1) is 11.9. The molecule has 0 amide bonds. The summed E-state index contributed by atoms with van der Waals surface area (Å²) < 4.78 is 0. The van der Waals surface area contributed by atoms with Crippen LogP contribution in [0.5, 0.6) is 0 Å². The van der Waals surface area contributed by atoms with E-state index in [2.05, 4.69) is 29.8 Å². The number of hydrogen-bond acceptors (Lipinski definition) is 2. The fourth-order valence-corrected chi connectivity index (χ4v) is 4.63. The lowest BCUT2D eigenvalue weighted by Crippen LogP contribution is -2.36. The molecule has 1 saturated heterocycles. The molecule has 0 aromatic carbocycles. The maximum Gasteiger partial charge on any atom is 0.102 e. The molecule has 0 aromatic heterocycles. The fourth-order valence-electron chi connectivity index (χ4n) is 4.63. The van der Waals surface area contributed by atoms with Crippen LogP contribution in [0.2, 0.25) is 0 Å². The molecule has 1 saturated carbocycles. The molecular weight excluding hydrogens is 232 g/mol. The zero-order chi connectivity index (χ0) is 12.7. The Balaban J connectivity index is 1.54. The van der Waals surface area contributed by atoms with Crippen LogP contribution in [-0.4, -0.2) is 18.9 Å². The number of aliphatic imine (C=N–C) groups is 1. The molecule has 2 heteroatoms. The number of hydrogen-bond donors (Lipinski definition) is 1. The number of allylic oxidation sites excluding steroid dienone is 4. The summed E-state index contributed by atoms with van der Waals surface area (Å²) in [6, 6.07) is 0. The highest BCUT2D eigenvalue weighted by atomic mass is 15.1. The Morgan fingerprint density at radius 3 is 3.21 bits per heavy atom. The summed E-state index contributed by atoms with van der Waals surface area (Å²) in [5.41, 5.74) is 1.72. The third-order valence-corrected chi connectivity index (χ3v) is 5.64. The van der Waals surface area contributed by atoms with Gasteiger partial charge in [0, 0.05) is 12.1 Å².